The van der Waals surface area contributed by atoms with Crippen LogP contribution in [0.3, 0.4) is 0 Å². The van der Waals surface area contributed by atoms with Crippen molar-refractivity contribution >= 4 is 22.6 Å². The third kappa shape index (κ3) is 3.61. The minimum Gasteiger partial charge on any atom is -0.493 e. The summed E-state index contributed by atoms with van der Waals surface area (Å²) in [6.45, 7) is 0.316. The molecule has 0 bridgehead atoms. The van der Waals surface area contributed by atoms with Crippen LogP contribution in [0.4, 0.5) is 5.82 Å². The number of aromatic nitrogens is 2. The van der Waals surface area contributed by atoms with Gasteiger partial charge >= 0.3 is 0 Å². The fraction of sp³-hybridized carbons (Fsp3) is 0.211. The van der Waals surface area contributed by atoms with Crippen LogP contribution in [0.15, 0.2) is 42.7 Å². The molecule has 2 aromatic carbocycles. The van der Waals surface area contributed by atoms with E-state index in [2.05, 4.69) is 15.3 Å². The van der Waals surface area contributed by atoms with Crippen LogP contribution in [0.25, 0.3) is 10.9 Å². The van der Waals surface area contributed by atoms with E-state index in [0.717, 1.165) is 5.56 Å². The van der Waals surface area contributed by atoms with Gasteiger partial charge in [-0.1, -0.05) is 12.1 Å². The summed E-state index contributed by atoms with van der Waals surface area (Å²) in [7, 11) is 3.16. The molecule has 0 aliphatic carbocycles. The van der Waals surface area contributed by atoms with Crippen LogP contribution in [0, 0.1) is 0 Å². The first-order valence-electron chi connectivity index (χ1n) is 8.31. The number of nitrogens with one attached hydrogen (secondary N) is 1. The standard InChI is InChI=1S/C19H21N5O3/c1-26-15-7-6-11(8-16(15)27-2)14(9-20)24-19-13-5-3-4-12(18(21)25)17(13)22-10-23-19/h3-8,10,14H,9,20H2,1-2H3,(H2,21,25)(H,22,23,24). The Balaban J connectivity index is 2.00. The van der Waals surface area contributed by atoms with Crippen LogP contribution >= 0.6 is 0 Å². The van der Waals surface area contributed by atoms with Gasteiger partial charge in [0.2, 0.25) is 0 Å². The molecular formula is C19H21N5O3. The van der Waals surface area contributed by atoms with Gasteiger partial charge in [0, 0.05) is 11.9 Å². The maximum Gasteiger partial charge on any atom is 0.250 e. The molecule has 0 aliphatic heterocycles. The highest BCUT2D eigenvalue weighted by atomic mass is 16.5. The lowest BCUT2D eigenvalue weighted by molar-refractivity contribution is 0.100. The van der Waals surface area contributed by atoms with Crippen LogP contribution in [-0.4, -0.2) is 36.6 Å². The summed E-state index contributed by atoms with van der Waals surface area (Å²) >= 11 is 0. The van der Waals surface area contributed by atoms with Crippen molar-refractivity contribution in [3.8, 4) is 11.5 Å². The summed E-state index contributed by atoms with van der Waals surface area (Å²) in [6, 6.07) is 10.6. The molecule has 27 heavy (non-hydrogen) atoms. The molecule has 8 nitrogen and oxygen atoms in total. The number of methoxy groups -OCH3 is 2. The molecule has 0 fully saturated rings. The number of anilines is 1. The normalized spacial score (nSPS) is 11.8. The Hall–Kier alpha value is -3.39. The smallest absolute Gasteiger partial charge is 0.250 e. The van der Waals surface area contributed by atoms with E-state index in [-0.39, 0.29) is 6.04 Å². The number of benzene rings is 2. The summed E-state index contributed by atoms with van der Waals surface area (Å²) < 4.78 is 10.6. The van der Waals surface area contributed by atoms with Gasteiger partial charge in [-0.25, -0.2) is 9.97 Å². The van der Waals surface area contributed by atoms with Crippen LogP contribution in [0.1, 0.15) is 22.0 Å². The molecule has 1 unspecified atom stereocenters. The largest absolute Gasteiger partial charge is 0.493 e. The molecule has 0 radical (unpaired) electrons. The minimum absolute atomic E-state index is 0.236. The second-order valence-corrected chi connectivity index (χ2v) is 5.84. The zero-order chi connectivity index (χ0) is 19.4. The quantitative estimate of drug-likeness (QED) is 0.582. The van der Waals surface area contributed by atoms with Crippen LogP contribution in [0.5, 0.6) is 11.5 Å². The molecule has 0 saturated carbocycles. The molecule has 1 aromatic heterocycles. The number of nitrogens with zero attached hydrogens (tertiary/aromatic N) is 2. The Labute approximate surface area is 156 Å². The Bertz CT molecular complexity index is 977. The van der Waals surface area contributed by atoms with Crippen molar-refractivity contribution in [2.45, 2.75) is 6.04 Å². The number of rotatable bonds is 7. The van der Waals surface area contributed by atoms with E-state index in [1.807, 2.05) is 24.3 Å². The molecule has 3 rings (SSSR count). The predicted octanol–water partition coefficient (Wildman–Crippen LogP) is 1.86. The van der Waals surface area contributed by atoms with Crippen molar-refractivity contribution in [1.82, 2.24) is 9.97 Å². The average Bonchev–Trinajstić information content (AvgIpc) is 2.70. The first-order valence-corrected chi connectivity index (χ1v) is 8.31. The fourth-order valence-electron chi connectivity index (χ4n) is 2.91. The molecule has 140 valence electrons. The summed E-state index contributed by atoms with van der Waals surface area (Å²) in [5.74, 6) is 1.27. The molecule has 1 amide bonds. The average molecular weight is 367 g/mol. The van der Waals surface area contributed by atoms with E-state index < -0.39 is 5.91 Å². The topological polar surface area (TPSA) is 125 Å². The molecule has 0 spiro atoms. The summed E-state index contributed by atoms with van der Waals surface area (Å²) in [6.07, 6.45) is 1.39. The number of primary amides is 1. The molecule has 0 aliphatic rings. The van der Waals surface area contributed by atoms with Gasteiger partial charge in [-0.15, -0.1) is 0 Å². The van der Waals surface area contributed by atoms with Gasteiger partial charge in [0.1, 0.15) is 12.1 Å². The molecule has 3 aromatic rings. The molecule has 0 saturated heterocycles. The van der Waals surface area contributed by atoms with Gasteiger partial charge in [0.15, 0.2) is 11.5 Å². The van der Waals surface area contributed by atoms with Crippen molar-refractivity contribution in [1.29, 1.82) is 0 Å². The molecule has 1 atom stereocenters. The van der Waals surface area contributed by atoms with E-state index in [1.165, 1.54) is 6.33 Å². The lowest BCUT2D eigenvalue weighted by Gasteiger charge is -2.20. The van der Waals surface area contributed by atoms with Gasteiger partial charge in [0.05, 0.1) is 31.3 Å². The maximum absolute atomic E-state index is 11.7. The van der Waals surface area contributed by atoms with Gasteiger partial charge in [-0.2, -0.15) is 0 Å². The number of para-hydroxylation sites is 1. The Morgan fingerprint density at radius 1 is 1.15 bits per heavy atom. The van der Waals surface area contributed by atoms with Crippen LogP contribution < -0.4 is 26.3 Å². The summed E-state index contributed by atoms with van der Waals surface area (Å²) in [5, 5.41) is 4.01. The minimum atomic E-state index is -0.541. The van der Waals surface area contributed by atoms with Crippen LogP contribution in [0.2, 0.25) is 0 Å². The lowest BCUT2D eigenvalue weighted by Crippen LogP contribution is -2.21. The molecule has 8 heteroatoms. The highest BCUT2D eigenvalue weighted by Gasteiger charge is 2.16. The highest BCUT2D eigenvalue weighted by molar-refractivity contribution is 6.06. The van der Waals surface area contributed by atoms with Gasteiger partial charge in [-0.3, -0.25) is 4.79 Å². The van der Waals surface area contributed by atoms with E-state index in [1.54, 1.807) is 26.4 Å². The number of nitrogens with two attached hydrogens (primary N) is 2. The van der Waals surface area contributed by atoms with E-state index in [4.69, 9.17) is 20.9 Å². The number of ether oxygens (including phenoxy) is 2. The maximum atomic E-state index is 11.7. The number of carbonyl (C=O) groups is 1. The predicted molar refractivity (Wildman–Crippen MR) is 103 cm³/mol. The highest BCUT2D eigenvalue weighted by Crippen LogP contribution is 2.32. The van der Waals surface area contributed by atoms with Crippen molar-refractivity contribution in [3.05, 3.63) is 53.9 Å². The molecule has 1 heterocycles. The van der Waals surface area contributed by atoms with Crippen molar-refractivity contribution in [2.24, 2.45) is 11.5 Å². The zero-order valence-electron chi connectivity index (χ0n) is 15.1. The second-order valence-electron chi connectivity index (χ2n) is 5.84. The monoisotopic (exact) mass is 367 g/mol. The molecule has 5 N–H and O–H groups in total. The summed E-state index contributed by atoms with van der Waals surface area (Å²) in [4.78, 5) is 20.2. The fourth-order valence-corrected chi connectivity index (χ4v) is 2.91. The third-order valence-electron chi connectivity index (χ3n) is 4.29. The van der Waals surface area contributed by atoms with Crippen LogP contribution in [-0.2, 0) is 0 Å². The van der Waals surface area contributed by atoms with Crippen molar-refractivity contribution in [2.75, 3.05) is 26.1 Å². The van der Waals surface area contributed by atoms with E-state index in [0.29, 0.717) is 40.3 Å². The zero-order valence-corrected chi connectivity index (χ0v) is 15.1. The number of carbonyl (C=O) groups excluding carboxylic acids is 1. The second kappa shape index (κ2) is 7.88. The molecular weight excluding hydrogens is 346 g/mol. The SMILES string of the molecule is COc1ccc(C(CN)Nc2ncnc3c(C(N)=O)cccc23)cc1OC. The number of fused-ring (bicyclic) bond motifs is 1. The number of hydrogen-bond acceptors (Lipinski definition) is 7. The Morgan fingerprint density at radius 3 is 2.59 bits per heavy atom. The van der Waals surface area contributed by atoms with Crippen molar-refractivity contribution in [3.63, 3.8) is 0 Å². The van der Waals surface area contributed by atoms with Gasteiger partial charge in [-0.05, 0) is 29.8 Å². The van der Waals surface area contributed by atoms with E-state index >= 15 is 0 Å². The number of amides is 1. The van der Waals surface area contributed by atoms with Crippen molar-refractivity contribution < 1.29 is 14.3 Å². The lowest BCUT2D eigenvalue weighted by atomic mass is 10.1. The van der Waals surface area contributed by atoms with Gasteiger partial charge < -0.3 is 26.3 Å². The Kier molecular flexibility index (Phi) is 5.37. The Morgan fingerprint density at radius 2 is 1.93 bits per heavy atom. The third-order valence-corrected chi connectivity index (χ3v) is 4.29. The first kappa shape index (κ1) is 18.4. The summed E-state index contributed by atoms with van der Waals surface area (Å²) in [5.41, 5.74) is 13.2. The number of hydrogen-bond donors (Lipinski definition) is 3. The first-order chi connectivity index (χ1) is 13.1. The van der Waals surface area contributed by atoms with E-state index in [9.17, 15) is 4.79 Å². The van der Waals surface area contributed by atoms with Gasteiger partial charge in [0.25, 0.3) is 5.91 Å².